The van der Waals surface area contributed by atoms with Gasteiger partial charge in [0.25, 0.3) is 0 Å². The van der Waals surface area contributed by atoms with Gasteiger partial charge in [-0.3, -0.25) is 0 Å². The van der Waals surface area contributed by atoms with E-state index in [9.17, 15) is 0 Å². The zero-order valence-electron chi connectivity index (χ0n) is 15.9. The molecule has 2 heterocycles. The quantitative estimate of drug-likeness (QED) is 0.475. The average molecular weight is 369 g/mol. The van der Waals surface area contributed by atoms with E-state index in [0.29, 0.717) is 0 Å². The molecule has 0 fully saturated rings. The molecule has 5 nitrogen and oxygen atoms in total. The Morgan fingerprint density at radius 2 is 1.75 bits per heavy atom. The molecule has 2 aromatic carbocycles. The third kappa shape index (κ3) is 4.43. The summed E-state index contributed by atoms with van der Waals surface area (Å²) < 4.78 is 2.08. The van der Waals surface area contributed by atoms with Crippen molar-refractivity contribution in [3.05, 3.63) is 84.9 Å². The highest BCUT2D eigenvalue weighted by Crippen LogP contribution is 2.24. The minimum Gasteiger partial charge on any atom is -0.370 e. The van der Waals surface area contributed by atoms with E-state index in [-0.39, 0.29) is 0 Å². The van der Waals surface area contributed by atoms with Gasteiger partial charge in [0.2, 0.25) is 0 Å². The molecule has 0 bridgehead atoms. The summed E-state index contributed by atoms with van der Waals surface area (Å²) in [4.78, 5) is 13.6. The molecule has 0 saturated carbocycles. The maximum Gasteiger partial charge on any atom is 0.162 e. The van der Waals surface area contributed by atoms with Gasteiger partial charge in [-0.25, -0.2) is 15.0 Å². The molecule has 0 aliphatic rings. The van der Waals surface area contributed by atoms with Crippen LogP contribution in [0.25, 0.3) is 22.6 Å². The normalized spacial score (nSPS) is 10.8. The fourth-order valence-electron chi connectivity index (χ4n) is 3.02. The Morgan fingerprint density at radius 1 is 0.929 bits per heavy atom. The van der Waals surface area contributed by atoms with Crippen LogP contribution in [-0.2, 0) is 6.54 Å². The molecule has 0 radical (unpaired) electrons. The lowest BCUT2D eigenvalue weighted by molar-refractivity contribution is 0.660. The van der Waals surface area contributed by atoms with E-state index in [4.69, 9.17) is 9.97 Å². The lowest BCUT2D eigenvalue weighted by Gasteiger charge is -2.11. The topological polar surface area (TPSA) is 55.6 Å². The van der Waals surface area contributed by atoms with Crippen molar-refractivity contribution in [2.75, 3.05) is 11.9 Å². The van der Waals surface area contributed by atoms with Gasteiger partial charge in [0.05, 0.1) is 12.0 Å². The second kappa shape index (κ2) is 8.48. The molecule has 1 N–H and O–H groups in total. The fourth-order valence-corrected chi connectivity index (χ4v) is 3.02. The highest BCUT2D eigenvalue weighted by Gasteiger charge is 2.08. The van der Waals surface area contributed by atoms with Gasteiger partial charge in [-0.1, -0.05) is 60.2 Å². The minimum atomic E-state index is 0.732. The van der Waals surface area contributed by atoms with E-state index in [2.05, 4.69) is 46.1 Å². The van der Waals surface area contributed by atoms with Gasteiger partial charge in [0.1, 0.15) is 5.82 Å². The molecule has 0 aliphatic carbocycles. The molecule has 2 aromatic heterocycles. The van der Waals surface area contributed by atoms with E-state index in [1.165, 1.54) is 5.56 Å². The number of nitrogens with one attached hydrogen (secondary N) is 1. The van der Waals surface area contributed by atoms with E-state index in [1.54, 1.807) is 6.20 Å². The van der Waals surface area contributed by atoms with Crippen LogP contribution in [-0.4, -0.2) is 26.1 Å². The maximum atomic E-state index is 4.81. The second-order valence-corrected chi connectivity index (χ2v) is 6.77. The summed E-state index contributed by atoms with van der Waals surface area (Å²) in [6.45, 7) is 3.84. The minimum absolute atomic E-state index is 0.732. The van der Waals surface area contributed by atoms with Crippen molar-refractivity contribution < 1.29 is 0 Å². The number of aromatic nitrogens is 4. The van der Waals surface area contributed by atoms with Gasteiger partial charge in [0, 0.05) is 42.7 Å². The fraction of sp³-hybridized carbons (Fsp3) is 0.174. The molecule has 4 rings (SSSR count). The Morgan fingerprint density at radius 3 is 2.50 bits per heavy atom. The number of rotatable bonds is 7. The average Bonchev–Trinajstić information content (AvgIpc) is 3.26. The van der Waals surface area contributed by atoms with Crippen LogP contribution in [0.4, 0.5) is 5.82 Å². The summed E-state index contributed by atoms with van der Waals surface area (Å²) in [7, 11) is 0. The van der Waals surface area contributed by atoms with Crippen molar-refractivity contribution in [3.63, 3.8) is 0 Å². The van der Waals surface area contributed by atoms with Crippen LogP contribution in [0, 0.1) is 6.92 Å². The van der Waals surface area contributed by atoms with Crippen LogP contribution in [0.15, 0.2) is 79.4 Å². The number of hydrogen-bond donors (Lipinski definition) is 1. The number of aryl methyl sites for hydroxylation is 2. The van der Waals surface area contributed by atoms with Crippen molar-refractivity contribution in [2.45, 2.75) is 19.9 Å². The summed E-state index contributed by atoms with van der Waals surface area (Å²) in [5.41, 5.74) is 4.26. The maximum absolute atomic E-state index is 4.81. The lowest BCUT2D eigenvalue weighted by Crippen LogP contribution is -2.08. The molecule has 0 spiro atoms. The van der Waals surface area contributed by atoms with Crippen molar-refractivity contribution in [1.29, 1.82) is 0 Å². The summed E-state index contributed by atoms with van der Waals surface area (Å²) in [6, 6.07) is 20.6. The molecule has 28 heavy (non-hydrogen) atoms. The molecule has 4 aromatic rings. The van der Waals surface area contributed by atoms with Gasteiger partial charge in [-0.2, -0.15) is 0 Å². The first kappa shape index (κ1) is 17.9. The van der Waals surface area contributed by atoms with Gasteiger partial charge in [0.15, 0.2) is 5.82 Å². The lowest BCUT2D eigenvalue weighted by atomic mass is 10.1. The Hall–Kier alpha value is -3.47. The number of nitrogens with zero attached hydrogens (tertiary/aromatic N) is 4. The van der Waals surface area contributed by atoms with Crippen LogP contribution in [0.1, 0.15) is 12.0 Å². The summed E-state index contributed by atoms with van der Waals surface area (Å²) in [6.07, 6.45) is 6.61. The summed E-state index contributed by atoms with van der Waals surface area (Å²) in [5, 5.41) is 3.45. The van der Waals surface area contributed by atoms with Crippen molar-refractivity contribution >= 4 is 5.82 Å². The van der Waals surface area contributed by atoms with E-state index < -0.39 is 0 Å². The van der Waals surface area contributed by atoms with E-state index >= 15 is 0 Å². The first-order valence-corrected chi connectivity index (χ1v) is 9.49. The highest BCUT2D eigenvalue weighted by atomic mass is 15.0. The Kier molecular flexibility index (Phi) is 5.43. The molecule has 5 heteroatoms. The molecule has 140 valence electrons. The van der Waals surface area contributed by atoms with Crippen LogP contribution >= 0.6 is 0 Å². The molecular formula is C23H23N5. The molecule has 0 atom stereocenters. The standard InChI is InChI=1S/C23H23N5/c1-18-8-10-19(11-9-18)21-16-22(25-12-5-14-28-15-13-24-17-28)27-23(26-21)20-6-3-2-4-7-20/h2-4,6-11,13,15-17H,5,12,14H2,1H3,(H,25,26,27). The first-order valence-electron chi connectivity index (χ1n) is 9.49. The number of benzene rings is 2. The highest BCUT2D eigenvalue weighted by molar-refractivity contribution is 5.67. The van der Waals surface area contributed by atoms with Gasteiger partial charge >= 0.3 is 0 Å². The van der Waals surface area contributed by atoms with Gasteiger partial charge < -0.3 is 9.88 Å². The van der Waals surface area contributed by atoms with E-state index in [0.717, 1.165) is 48.0 Å². The van der Waals surface area contributed by atoms with Gasteiger partial charge in [-0.15, -0.1) is 0 Å². The molecule has 0 aliphatic heterocycles. The third-order valence-corrected chi connectivity index (χ3v) is 4.56. The molecule has 0 amide bonds. The number of anilines is 1. The summed E-state index contributed by atoms with van der Waals surface area (Å²) >= 11 is 0. The largest absolute Gasteiger partial charge is 0.370 e. The monoisotopic (exact) mass is 369 g/mol. The predicted octanol–water partition coefficient (Wildman–Crippen LogP) is 4.82. The van der Waals surface area contributed by atoms with Gasteiger partial charge in [-0.05, 0) is 13.3 Å². The molecule has 0 saturated heterocycles. The summed E-state index contributed by atoms with van der Waals surface area (Å²) in [5.74, 6) is 1.57. The number of imidazole rings is 1. The van der Waals surface area contributed by atoms with Crippen LogP contribution in [0.3, 0.4) is 0 Å². The second-order valence-electron chi connectivity index (χ2n) is 6.77. The molecule has 0 unspecified atom stereocenters. The Bertz CT molecular complexity index is 1010. The van der Waals surface area contributed by atoms with Crippen LogP contribution in [0.5, 0.6) is 0 Å². The zero-order chi connectivity index (χ0) is 19.2. The SMILES string of the molecule is Cc1ccc(-c2cc(NCCCn3ccnc3)nc(-c3ccccc3)n2)cc1. The van der Waals surface area contributed by atoms with Crippen molar-refractivity contribution in [2.24, 2.45) is 0 Å². The molecular weight excluding hydrogens is 346 g/mol. The Labute approximate surface area is 165 Å². The smallest absolute Gasteiger partial charge is 0.162 e. The Balaban J connectivity index is 1.57. The van der Waals surface area contributed by atoms with Crippen LogP contribution in [0.2, 0.25) is 0 Å². The van der Waals surface area contributed by atoms with Crippen molar-refractivity contribution in [1.82, 2.24) is 19.5 Å². The third-order valence-electron chi connectivity index (χ3n) is 4.56. The van der Waals surface area contributed by atoms with E-state index in [1.807, 2.05) is 48.9 Å². The zero-order valence-corrected chi connectivity index (χ0v) is 15.9. The first-order chi connectivity index (χ1) is 13.8. The van der Waals surface area contributed by atoms with Crippen LogP contribution < -0.4 is 5.32 Å². The number of hydrogen-bond acceptors (Lipinski definition) is 4. The van der Waals surface area contributed by atoms with Crippen molar-refractivity contribution in [3.8, 4) is 22.6 Å². The predicted molar refractivity (Wildman–Crippen MR) is 113 cm³/mol.